The molecule has 12 aromatic carbocycles. The first-order chi connectivity index (χ1) is 36.6. The fourth-order valence-electron chi connectivity index (χ4n) is 12.3. The third-order valence-corrected chi connectivity index (χ3v) is 16.7. The van der Waals surface area contributed by atoms with Crippen molar-refractivity contribution in [3.05, 3.63) is 237 Å². The van der Waals surface area contributed by atoms with E-state index in [-0.39, 0.29) is 0 Å². The van der Waals surface area contributed by atoms with Gasteiger partial charge in [0.25, 0.3) is 0 Å². The highest BCUT2D eigenvalue weighted by molar-refractivity contribution is 7.26. The van der Waals surface area contributed by atoms with E-state index in [9.17, 15) is 0 Å². The molecule has 5 aromatic heterocycles. The number of rotatable bonds is 6. The lowest BCUT2D eigenvalue weighted by molar-refractivity contribution is 0.668. The fraction of sp³-hybridized carbons (Fsp3) is 0. The highest BCUT2D eigenvalue weighted by Crippen LogP contribution is 2.50. The summed E-state index contributed by atoms with van der Waals surface area (Å²) in [5, 5.41) is 17.0. The summed E-state index contributed by atoms with van der Waals surface area (Å²) in [5.74, 6) is 0. The van der Waals surface area contributed by atoms with E-state index in [1.54, 1.807) is 0 Å². The Morgan fingerprint density at radius 2 is 0.757 bits per heavy atom. The molecule has 0 aliphatic heterocycles. The standard InChI is InChI=1S/C68H39N3O2S/c1-3-13-44(14-4-1)69(48-27-29-62-54(37-48)50-17-7-10-20-60(50)72-62)46-25-23-40-35-58-53(33-42(40)31-46)56-39-65-66(52-19-9-12-22-64(52)74-65)67-57-34-43-32-47(26-24-41(43)36-59(57)71(58)68(56)67)70(45-15-5-2-6-16-45)49-28-30-63-55(38-49)51-18-8-11-21-61(51)73-63/h1-39H. The largest absolute Gasteiger partial charge is 0.456 e. The summed E-state index contributed by atoms with van der Waals surface area (Å²) in [6.45, 7) is 0. The predicted octanol–water partition coefficient (Wildman–Crippen LogP) is 20.2. The molecule has 0 fully saturated rings. The Morgan fingerprint density at radius 3 is 1.35 bits per heavy atom. The van der Waals surface area contributed by atoms with Crippen LogP contribution in [-0.4, -0.2) is 4.40 Å². The quantitative estimate of drug-likeness (QED) is 0.166. The lowest BCUT2D eigenvalue weighted by Gasteiger charge is -2.26. The molecule has 74 heavy (non-hydrogen) atoms. The Bertz CT molecular complexity index is 5160. The first kappa shape index (κ1) is 40.0. The van der Waals surface area contributed by atoms with Crippen molar-refractivity contribution in [2.24, 2.45) is 0 Å². The van der Waals surface area contributed by atoms with Crippen molar-refractivity contribution < 1.29 is 8.83 Å². The summed E-state index contributed by atoms with van der Waals surface area (Å²) in [6.07, 6.45) is 0. The Kier molecular flexibility index (Phi) is 8.09. The third-order valence-electron chi connectivity index (χ3n) is 15.6. The molecule has 0 N–H and O–H groups in total. The van der Waals surface area contributed by atoms with Crippen LogP contribution in [0.5, 0.6) is 0 Å². The van der Waals surface area contributed by atoms with Crippen LogP contribution in [0.15, 0.2) is 245 Å². The lowest BCUT2D eigenvalue weighted by Crippen LogP contribution is -2.09. The van der Waals surface area contributed by atoms with E-state index >= 15 is 0 Å². The molecular weight excluding hydrogens is 923 g/mol. The van der Waals surface area contributed by atoms with Gasteiger partial charge in [-0.1, -0.05) is 103 Å². The van der Waals surface area contributed by atoms with Gasteiger partial charge < -0.3 is 23.0 Å². The minimum absolute atomic E-state index is 0.885. The maximum Gasteiger partial charge on any atom is 0.135 e. The number of benzene rings is 12. The van der Waals surface area contributed by atoms with Crippen LogP contribution in [0.2, 0.25) is 0 Å². The molecule has 0 amide bonds. The van der Waals surface area contributed by atoms with Crippen molar-refractivity contribution in [2.75, 3.05) is 9.80 Å². The second-order valence-electron chi connectivity index (χ2n) is 19.7. The number of furan rings is 2. The Labute approximate surface area is 426 Å². The number of para-hydroxylation sites is 4. The average Bonchev–Trinajstić information content (AvgIpc) is 4.37. The minimum Gasteiger partial charge on any atom is -0.456 e. The van der Waals surface area contributed by atoms with E-state index in [0.29, 0.717) is 0 Å². The topological polar surface area (TPSA) is 37.2 Å². The molecule has 5 nitrogen and oxygen atoms in total. The van der Waals surface area contributed by atoms with Crippen LogP contribution in [0.4, 0.5) is 34.1 Å². The number of hydrogen-bond acceptors (Lipinski definition) is 5. The number of aromatic nitrogens is 1. The van der Waals surface area contributed by atoms with Gasteiger partial charge in [0.15, 0.2) is 0 Å². The molecule has 0 aliphatic carbocycles. The maximum absolute atomic E-state index is 6.28. The molecule has 0 saturated heterocycles. The number of fused-ring (bicyclic) bond motifs is 18. The summed E-state index contributed by atoms with van der Waals surface area (Å²) in [4.78, 5) is 4.73. The molecule has 0 radical (unpaired) electrons. The van der Waals surface area contributed by atoms with Gasteiger partial charge in [0.2, 0.25) is 0 Å². The molecule has 0 bridgehead atoms. The van der Waals surface area contributed by atoms with Crippen molar-refractivity contribution in [3.8, 4) is 0 Å². The SMILES string of the molecule is c1ccc(N(c2ccc3cc4c(cc3c2)c2cc3sc5ccccc5c3c3c5cc6cc(N(c7ccccc7)c7ccc8oc9ccccc9c8c7)ccc6cc5n4c23)c2ccc3oc4ccccc4c3c2)cc1. The van der Waals surface area contributed by atoms with Crippen LogP contribution >= 0.6 is 11.3 Å². The normalized spacial score (nSPS) is 12.3. The highest BCUT2D eigenvalue weighted by atomic mass is 32.1. The Balaban J connectivity index is 0.880. The van der Waals surface area contributed by atoms with E-state index in [4.69, 9.17) is 8.83 Å². The second-order valence-corrected chi connectivity index (χ2v) is 20.7. The van der Waals surface area contributed by atoms with Gasteiger partial charge in [-0.05, 0) is 155 Å². The molecular formula is C68H39N3O2S. The molecule has 344 valence electrons. The monoisotopic (exact) mass is 961 g/mol. The zero-order valence-corrected chi connectivity index (χ0v) is 40.4. The summed E-state index contributed by atoms with van der Waals surface area (Å²) < 4.78 is 17.7. The van der Waals surface area contributed by atoms with E-state index in [1.165, 1.54) is 79.8 Å². The summed E-state index contributed by atoms with van der Waals surface area (Å²) in [7, 11) is 0. The smallest absolute Gasteiger partial charge is 0.135 e. The molecule has 0 spiro atoms. The summed E-state index contributed by atoms with van der Waals surface area (Å²) >= 11 is 1.89. The van der Waals surface area contributed by atoms with Gasteiger partial charge >= 0.3 is 0 Å². The first-order valence-electron chi connectivity index (χ1n) is 25.1. The van der Waals surface area contributed by atoms with Gasteiger partial charge in [-0.25, -0.2) is 0 Å². The van der Waals surface area contributed by atoms with Crippen molar-refractivity contribution in [2.45, 2.75) is 0 Å². The van der Waals surface area contributed by atoms with Crippen molar-refractivity contribution >= 4 is 169 Å². The number of nitrogens with zero attached hydrogens (tertiary/aromatic N) is 3. The maximum atomic E-state index is 6.28. The molecule has 17 aromatic rings. The number of anilines is 6. The summed E-state index contributed by atoms with van der Waals surface area (Å²) in [6, 6.07) is 86.1. The number of hydrogen-bond donors (Lipinski definition) is 0. The van der Waals surface area contributed by atoms with E-state index in [1.807, 2.05) is 35.6 Å². The van der Waals surface area contributed by atoms with Gasteiger partial charge in [-0.3, -0.25) is 0 Å². The Hall–Kier alpha value is -9.62. The van der Waals surface area contributed by atoms with Gasteiger partial charge in [0.1, 0.15) is 22.3 Å². The van der Waals surface area contributed by atoms with Crippen molar-refractivity contribution in [1.82, 2.24) is 4.40 Å². The molecule has 0 atom stereocenters. The van der Waals surface area contributed by atoms with Crippen LogP contribution in [0.1, 0.15) is 0 Å². The van der Waals surface area contributed by atoms with Crippen LogP contribution in [0, 0.1) is 0 Å². The second kappa shape index (κ2) is 15.0. The molecule has 6 heteroatoms. The van der Waals surface area contributed by atoms with Gasteiger partial charge in [-0.15, -0.1) is 11.3 Å². The molecule has 0 unspecified atom stereocenters. The zero-order valence-electron chi connectivity index (χ0n) is 39.6. The molecule has 0 aliphatic rings. The third kappa shape index (κ3) is 5.68. The van der Waals surface area contributed by atoms with Crippen LogP contribution in [0.25, 0.3) is 124 Å². The Morgan fingerprint density at radius 1 is 0.284 bits per heavy atom. The predicted molar refractivity (Wildman–Crippen MR) is 313 cm³/mol. The van der Waals surface area contributed by atoms with Gasteiger partial charge in [-0.2, -0.15) is 0 Å². The molecule has 17 rings (SSSR count). The van der Waals surface area contributed by atoms with E-state index < -0.39 is 0 Å². The van der Waals surface area contributed by atoms with Crippen LogP contribution in [0.3, 0.4) is 0 Å². The van der Waals surface area contributed by atoms with Crippen molar-refractivity contribution in [1.29, 1.82) is 0 Å². The fourth-order valence-corrected chi connectivity index (χ4v) is 13.5. The average molecular weight is 962 g/mol. The van der Waals surface area contributed by atoms with Gasteiger partial charge in [0, 0.05) is 97.4 Å². The minimum atomic E-state index is 0.885. The molecule has 5 heterocycles. The van der Waals surface area contributed by atoms with Crippen molar-refractivity contribution in [3.63, 3.8) is 0 Å². The first-order valence-corrected chi connectivity index (χ1v) is 25.9. The van der Waals surface area contributed by atoms with E-state index in [2.05, 4.69) is 227 Å². The van der Waals surface area contributed by atoms with Gasteiger partial charge in [0.05, 0.1) is 16.6 Å². The molecule has 0 saturated carbocycles. The van der Waals surface area contributed by atoms with E-state index in [0.717, 1.165) is 78.0 Å². The highest BCUT2D eigenvalue weighted by Gasteiger charge is 2.25. The van der Waals surface area contributed by atoms with Crippen LogP contribution in [-0.2, 0) is 0 Å². The zero-order chi connectivity index (χ0) is 48.2. The summed E-state index contributed by atoms with van der Waals surface area (Å²) in [5.41, 5.74) is 13.8. The lowest BCUT2D eigenvalue weighted by atomic mass is 9.99. The number of thiophene rings is 1. The van der Waals surface area contributed by atoms with Crippen LogP contribution < -0.4 is 9.80 Å².